The van der Waals surface area contributed by atoms with Gasteiger partial charge in [0.2, 0.25) is 0 Å². The van der Waals surface area contributed by atoms with Crippen LogP contribution in [-0.2, 0) is 0 Å². The molecule has 1 aliphatic carbocycles. The van der Waals surface area contributed by atoms with E-state index in [4.69, 9.17) is 5.73 Å². The van der Waals surface area contributed by atoms with Crippen molar-refractivity contribution < 1.29 is 0 Å². The Morgan fingerprint density at radius 3 is 2.25 bits per heavy atom. The molecule has 0 aromatic heterocycles. The van der Waals surface area contributed by atoms with E-state index in [0.29, 0.717) is 22.8 Å². The molecular formula is C18H36N2. The average molecular weight is 281 g/mol. The van der Waals surface area contributed by atoms with Crippen LogP contribution in [0.4, 0.5) is 0 Å². The maximum atomic E-state index is 6.43. The highest BCUT2D eigenvalue weighted by Crippen LogP contribution is 2.40. The summed E-state index contributed by atoms with van der Waals surface area (Å²) < 4.78 is 0. The lowest BCUT2D eigenvalue weighted by Crippen LogP contribution is -2.47. The Balaban J connectivity index is 1.88. The van der Waals surface area contributed by atoms with Crippen LogP contribution in [-0.4, -0.2) is 30.6 Å². The minimum Gasteiger partial charge on any atom is -0.327 e. The topological polar surface area (TPSA) is 29.3 Å². The van der Waals surface area contributed by atoms with Crippen LogP contribution in [0.1, 0.15) is 66.7 Å². The second kappa shape index (κ2) is 5.96. The number of likely N-dealkylation sites (tertiary alicyclic amines) is 1. The van der Waals surface area contributed by atoms with Crippen molar-refractivity contribution in [1.82, 2.24) is 4.90 Å². The molecule has 0 amide bonds. The van der Waals surface area contributed by atoms with Crippen molar-refractivity contribution in [3.63, 3.8) is 0 Å². The van der Waals surface area contributed by atoms with Crippen molar-refractivity contribution in [3.8, 4) is 0 Å². The lowest BCUT2D eigenvalue weighted by Gasteiger charge is -2.44. The lowest BCUT2D eigenvalue weighted by molar-refractivity contribution is 0.0712. The predicted molar refractivity (Wildman–Crippen MR) is 87.7 cm³/mol. The molecular weight excluding hydrogens is 244 g/mol. The van der Waals surface area contributed by atoms with Gasteiger partial charge in [0, 0.05) is 12.6 Å². The number of nitrogens with zero attached hydrogens (tertiary/aromatic N) is 1. The van der Waals surface area contributed by atoms with Crippen LogP contribution in [0.2, 0.25) is 0 Å². The Hall–Kier alpha value is -0.0800. The molecule has 2 heteroatoms. The molecule has 1 heterocycles. The van der Waals surface area contributed by atoms with E-state index >= 15 is 0 Å². The van der Waals surface area contributed by atoms with Crippen molar-refractivity contribution in [2.24, 2.45) is 28.4 Å². The third-order valence-electron chi connectivity index (χ3n) is 5.97. The number of piperidine rings is 1. The van der Waals surface area contributed by atoms with Gasteiger partial charge < -0.3 is 10.6 Å². The summed E-state index contributed by atoms with van der Waals surface area (Å²) in [6.07, 6.45) is 6.58. The van der Waals surface area contributed by atoms with Crippen LogP contribution >= 0.6 is 0 Å². The Labute approximate surface area is 126 Å². The molecule has 1 saturated carbocycles. The standard InChI is InChI=1S/C18H36N2/c1-17(2,3)15-6-7-16(19)14(12-15)13-20-10-8-18(4,5)9-11-20/h14-16H,6-13,19H2,1-5H3. The fraction of sp³-hybridized carbons (Fsp3) is 1.00. The largest absolute Gasteiger partial charge is 0.327 e. The normalized spacial score (nSPS) is 36.0. The second-order valence-corrected chi connectivity index (χ2v) is 9.26. The summed E-state index contributed by atoms with van der Waals surface area (Å²) in [5.74, 6) is 1.57. The molecule has 2 fully saturated rings. The summed E-state index contributed by atoms with van der Waals surface area (Å²) in [7, 11) is 0. The van der Waals surface area contributed by atoms with Gasteiger partial charge in [0.05, 0.1) is 0 Å². The Bertz CT molecular complexity index is 306. The summed E-state index contributed by atoms with van der Waals surface area (Å²) in [5.41, 5.74) is 7.43. The minimum atomic E-state index is 0.434. The van der Waals surface area contributed by atoms with Gasteiger partial charge in [0.25, 0.3) is 0 Å². The highest BCUT2D eigenvalue weighted by atomic mass is 15.1. The quantitative estimate of drug-likeness (QED) is 0.831. The first-order valence-corrected chi connectivity index (χ1v) is 8.65. The van der Waals surface area contributed by atoms with Crippen molar-refractivity contribution in [3.05, 3.63) is 0 Å². The van der Waals surface area contributed by atoms with Gasteiger partial charge in [-0.15, -0.1) is 0 Å². The molecule has 2 aliphatic rings. The fourth-order valence-corrected chi connectivity index (χ4v) is 3.96. The summed E-state index contributed by atoms with van der Waals surface area (Å²) in [6.45, 7) is 15.8. The molecule has 2 nitrogen and oxygen atoms in total. The molecule has 2 N–H and O–H groups in total. The van der Waals surface area contributed by atoms with Gasteiger partial charge in [-0.05, 0) is 67.9 Å². The van der Waals surface area contributed by atoms with Gasteiger partial charge in [-0.2, -0.15) is 0 Å². The van der Waals surface area contributed by atoms with E-state index in [0.717, 1.165) is 5.92 Å². The van der Waals surface area contributed by atoms with Crippen molar-refractivity contribution in [2.75, 3.05) is 19.6 Å². The zero-order valence-electron chi connectivity index (χ0n) is 14.4. The van der Waals surface area contributed by atoms with E-state index in [1.165, 1.54) is 51.7 Å². The fourth-order valence-electron chi connectivity index (χ4n) is 3.96. The molecule has 0 radical (unpaired) electrons. The van der Waals surface area contributed by atoms with E-state index in [1.54, 1.807) is 0 Å². The molecule has 3 atom stereocenters. The van der Waals surface area contributed by atoms with Crippen molar-refractivity contribution in [1.29, 1.82) is 0 Å². The first-order valence-electron chi connectivity index (χ1n) is 8.65. The maximum Gasteiger partial charge on any atom is 0.00795 e. The number of nitrogens with two attached hydrogens (primary N) is 1. The first kappa shape index (κ1) is 16.3. The van der Waals surface area contributed by atoms with Crippen LogP contribution in [0.3, 0.4) is 0 Å². The zero-order valence-corrected chi connectivity index (χ0v) is 14.4. The van der Waals surface area contributed by atoms with Crippen LogP contribution in [0.5, 0.6) is 0 Å². The van der Waals surface area contributed by atoms with Crippen molar-refractivity contribution >= 4 is 0 Å². The van der Waals surface area contributed by atoms with Crippen LogP contribution in [0, 0.1) is 22.7 Å². The minimum absolute atomic E-state index is 0.434. The molecule has 0 aromatic carbocycles. The summed E-state index contributed by atoms with van der Waals surface area (Å²) in [5, 5.41) is 0. The summed E-state index contributed by atoms with van der Waals surface area (Å²) >= 11 is 0. The monoisotopic (exact) mass is 280 g/mol. The van der Waals surface area contributed by atoms with E-state index in [-0.39, 0.29) is 0 Å². The van der Waals surface area contributed by atoms with Gasteiger partial charge in [0.15, 0.2) is 0 Å². The first-order chi connectivity index (χ1) is 9.17. The number of hydrogen-bond acceptors (Lipinski definition) is 2. The van der Waals surface area contributed by atoms with Crippen molar-refractivity contribution in [2.45, 2.75) is 72.8 Å². The van der Waals surface area contributed by atoms with Crippen LogP contribution in [0.25, 0.3) is 0 Å². The third kappa shape index (κ3) is 4.21. The average Bonchev–Trinajstić information content (AvgIpc) is 2.33. The molecule has 0 bridgehead atoms. The summed E-state index contributed by atoms with van der Waals surface area (Å²) in [4.78, 5) is 2.68. The highest BCUT2D eigenvalue weighted by molar-refractivity contribution is 4.90. The maximum absolute atomic E-state index is 6.43. The van der Waals surface area contributed by atoms with Gasteiger partial charge in [0.1, 0.15) is 0 Å². The molecule has 0 spiro atoms. The molecule has 118 valence electrons. The Morgan fingerprint density at radius 2 is 1.70 bits per heavy atom. The van der Waals surface area contributed by atoms with E-state index in [2.05, 4.69) is 39.5 Å². The van der Waals surface area contributed by atoms with Gasteiger partial charge in [-0.1, -0.05) is 34.6 Å². The number of rotatable bonds is 2. The number of hydrogen-bond donors (Lipinski definition) is 1. The molecule has 20 heavy (non-hydrogen) atoms. The van der Waals surface area contributed by atoms with E-state index in [1.807, 2.05) is 0 Å². The van der Waals surface area contributed by atoms with Gasteiger partial charge in [-0.3, -0.25) is 0 Å². The second-order valence-electron chi connectivity index (χ2n) is 9.26. The molecule has 2 rings (SSSR count). The Morgan fingerprint density at radius 1 is 1.10 bits per heavy atom. The van der Waals surface area contributed by atoms with Gasteiger partial charge in [-0.25, -0.2) is 0 Å². The molecule has 0 aromatic rings. The predicted octanol–water partition coefficient (Wildman–Crippen LogP) is 3.90. The third-order valence-corrected chi connectivity index (χ3v) is 5.97. The van der Waals surface area contributed by atoms with Crippen LogP contribution in [0.15, 0.2) is 0 Å². The Kier molecular flexibility index (Phi) is 4.86. The van der Waals surface area contributed by atoms with E-state index in [9.17, 15) is 0 Å². The molecule has 3 unspecified atom stereocenters. The summed E-state index contributed by atoms with van der Waals surface area (Å²) in [6, 6.07) is 0.434. The SMILES string of the molecule is CC1(C)CCN(CC2CC(C(C)(C)C)CCC2N)CC1. The van der Waals surface area contributed by atoms with Gasteiger partial charge >= 0.3 is 0 Å². The van der Waals surface area contributed by atoms with Crippen LogP contribution < -0.4 is 5.73 Å². The smallest absolute Gasteiger partial charge is 0.00795 e. The molecule has 1 saturated heterocycles. The molecule has 1 aliphatic heterocycles. The highest BCUT2D eigenvalue weighted by Gasteiger charge is 2.36. The van der Waals surface area contributed by atoms with E-state index < -0.39 is 0 Å². The lowest BCUT2D eigenvalue weighted by atomic mass is 9.67. The zero-order chi connectivity index (χ0) is 15.0.